The zero-order valence-corrected chi connectivity index (χ0v) is 15.1. The van der Waals surface area contributed by atoms with Gasteiger partial charge in [-0.25, -0.2) is 0 Å². The molecule has 0 bridgehead atoms. The van der Waals surface area contributed by atoms with Crippen LogP contribution in [-0.2, 0) is 4.74 Å². The van der Waals surface area contributed by atoms with Gasteiger partial charge in [-0.1, -0.05) is 0 Å². The van der Waals surface area contributed by atoms with E-state index < -0.39 is 0 Å². The van der Waals surface area contributed by atoms with E-state index in [0.29, 0.717) is 18.1 Å². The Hall–Kier alpha value is -2.25. The van der Waals surface area contributed by atoms with Gasteiger partial charge in [0.25, 0.3) is 0 Å². The van der Waals surface area contributed by atoms with Gasteiger partial charge < -0.3 is 26.0 Å². The Bertz CT molecular complexity index is 635. The third kappa shape index (κ3) is 6.28. The van der Waals surface area contributed by atoms with Crippen LogP contribution in [0, 0.1) is 0 Å². The maximum atomic E-state index is 9.78. The highest BCUT2D eigenvalue weighted by molar-refractivity contribution is 5.92. The highest BCUT2D eigenvalue weighted by atomic mass is 16.5. The number of benzene rings is 1. The second-order valence-electron chi connectivity index (χ2n) is 6.48. The molecular weight excluding hydrogens is 320 g/mol. The summed E-state index contributed by atoms with van der Waals surface area (Å²) in [5.41, 5.74) is 7.19. The van der Waals surface area contributed by atoms with E-state index in [9.17, 15) is 10.2 Å². The molecular formula is C18H28N4O3. The maximum Gasteiger partial charge on any atom is 0.142 e. The van der Waals surface area contributed by atoms with Gasteiger partial charge in [-0.05, 0) is 39.0 Å². The molecule has 0 amide bonds. The molecule has 2 rings (SSSR count). The van der Waals surface area contributed by atoms with Crippen LogP contribution in [0.25, 0.3) is 0 Å². The van der Waals surface area contributed by atoms with Crippen molar-refractivity contribution in [2.24, 2.45) is 10.7 Å². The van der Waals surface area contributed by atoms with Gasteiger partial charge in [0.05, 0.1) is 24.4 Å². The summed E-state index contributed by atoms with van der Waals surface area (Å²) in [6, 6.07) is 4.37. The number of phenols is 2. The van der Waals surface area contributed by atoms with E-state index in [1.54, 1.807) is 12.1 Å². The summed E-state index contributed by atoms with van der Waals surface area (Å²) in [5, 5.41) is 22.1. The summed E-state index contributed by atoms with van der Waals surface area (Å²) in [7, 11) is 0. The van der Waals surface area contributed by atoms with Gasteiger partial charge in [0, 0.05) is 31.4 Å². The van der Waals surface area contributed by atoms with E-state index >= 15 is 0 Å². The highest BCUT2D eigenvalue weighted by Gasteiger charge is 2.21. The SMILES string of the molecule is C/C(=C/C(N)=NCCN1CC(C)OC(C)C1)Nc1ccc(O)cc1O. The topological polar surface area (TPSA) is 103 Å². The van der Waals surface area contributed by atoms with Crippen LogP contribution in [0.15, 0.2) is 35.0 Å². The van der Waals surface area contributed by atoms with Crippen LogP contribution in [0.2, 0.25) is 0 Å². The van der Waals surface area contributed by atoms with Crippen LogP contribution < -0.4 is 11.1 Å². The Kier molecular flexibility index (Phi) is 6.66. The second kappa shape index (κ2) is 8.73. The summed E-state index contributed by atoms with van der Waals surface area (Å²) in [4.78, 5) is 6.71. The maximum absolute atomic E-state index is 9.78. The minimum absolute atomic E-state index is 0.0116. The van der Waals surface area contributed by atoms with E-state index in [2.05, 4.69) is 29.1 Å². The molecule has 7 nitrogen and oxygen atoms in total. The van der Waals surface area contributed by atoms with Crippen molar-refractivity contribution in [1.82, 2.24) is 4.90 Å². The molecule has 1 fully saturated rings. The summed E-state index contributed by atoms with van der Waals surface area (Å²) in [6.45, 7) is 9.29. The molecule has 1 saturated heterocycles. The van der Waals surface area contributed by atoms with Crippen LogP contribution in [0.3, 0.4) is 0 Å². The van der Waals surface area contributed by atoms with Gasteiger partial charge in [-0.3, -0.25) is 9.89 Å². The number of rotatable bonds is 6. The number of hydrogen-bond donors (Lipinski definition) is 4. The molecule has 2 unspecified atom stereocenters. The molecule has 138 valence electrons. The van der Waals surface area contributed by atoms with Gasteiger partial charge in [-0.2, -0.15) is 0 Å². The fraction of sp³-hybridized carbons (Fsp3) is 0.500. The minimum Gasteiger partial charge on any atom is -0.508 e. The number of allylic oxidation sites excluding steroid dienone is 1. The zero-order chi connectivity index (χ0) is 18.4. The normalized spacial score (nSPS) is 22.8. The first kappa shape index (κ1) is 19.1. The molecule has 1 aromatic carbocycles. The Morgan fingerprint density at radius 3 is 2.68 bits per heavy atom. The molecule has 5 N–H and O–H groups in total. The molecule has 0 aromatic heterocycles. The van der Waals surface area contributed by atoms with Crippen molar-refractivity contribution < 1.29 is 14.9 Å². The molecule has 2 atom stereocenters. The molecule has 25 heavy (non-hydrogen) atoms. The predicted octanol–water partition coefficient (Wildman–Crippen LogP) is 1.88. The molecule has 1 heterocycles. The number of hydrogen-bond acceptors (Lipinski definition) is 6. The predicted molar refractivity (Wildman–Crippen MR) is 100 cm³/mol. The molecule has 0 saturated carbocycles. The van der Waals surface area contributed by atoms with E-state index in [0.717, 1.165) is 25.3 Å². The largest absolute Gasteiger partial charge is 0.508 e. The van der Waals surface area contributed by atoms with Crippen molar-refractivity contribution >= 4 is 11.5 Å². The Morgan fingerprint density at radius 1 is 1.36 bits per heavy atom. The first-order chi connectivity index (χ1) is 11.8. The van der Waals surface area contributed by atoms with E-state index in [1.165, 1.54) is 12.1 Å². The van der Waals surface area contributed by atoms with Crippen molar-refractivity contribution in [2.45, 2.75) is 33.0 Å². The molecule has 0 spiro atoms. The number of nitrogens with two attached hydrogens (primary N) is 1. The van der Waals surface area contributed by atoms with Crippen LogP contribution in [-0.4, -0.2) is 59.3 Å². The minimum atomic E-state index is -0.0289. The molecule has 1 aliphatic rings. The molecule has 7 heteroatoms. The standard InChI is InChI=1S/C18H28N4O3/c1-12(21-16-5-4-15(23)9-17(16)24)8-18(19)20-6-7-22-10-13(2)25-14(3)11-22/h4-5,8-9,13-14,21,23-24H,6-7,10-11H2,1-3H3,(H2,19,20)/b12-8-. The summed E-state index contributed by atoms with van der Waals surface area (Å²) in [6.07, 6.45) is 2.21. The van der Waals surface area contributed by atoms with E-state index in [-0.39, 0.29) is 23.7 Å². The van der Waals surface area contributed by atoms with Gasteiger partial charge in [0.15, 0.2) is 0 Å². The summed E-state index contributed by atoms with van der Waals surface area (Å²) < 4.78 is 5.71. The van der Waals surface area contributed by atoms with Gasteiger partial charge in [-0.15, -0.1) is 0 Å². The number of aromatic hydroxyl groups is 2. The third-order valence-corrected chi connectivity index (χ3v) is 3.88. The zero-order valence-electron chi connectivity index (χ0n) is 15.1. The monoisotopic (exact) mass is 348 g/mol. The van der Waals surface area contributed by atoms with Gasteiger partial charge >= 0.3 is 0 Å². The number of nitrogens with one attached hydrogen (secondary N) is 1. The van der Waals surface area contributed by atoms with Crippen molar-refractivity contribution in [3.8, 4) is 11.5 Å². The average molecular weight is 348 g/mol. The van der Waals surface area contributed by atoms with Gasteiger partial charge in [0.1, 0.15) is 17.3 Å². The van der Waals surface area contributed by atoms with Crippen LogP contribution >= 0.6 is 0 Å². The Balaban J connectivity index is 1.85. The smallest absolute Gasteiger partial charge is 0.142 e. The Labute approximate surface area is 148 Å². The van der Waals surface area contributed by atoms with Crippen LogP contribution in [0.1, 0.15) is 20.8 Å². The lowest BCUT2D eigenvalue weighted by molar-refractivity contribution is -0.0669. The second-order valence-corrected chi connectivity index (χ2v) is 6.48. The lowest BCUT2D eigenvalue weighted by Gasteiger charge is -2.34. The van der Waals surface area contributed by atoms with Crippen LogP contribution in [0.5, 0.6) is 11.5 Å². The molecule has 1 aromatic rings. The first-order valence-corrected chi connectivity index (χ1v) is 8.48. The summed E-state index contributed by atoms with van der Waals surface area (Å²) in [5.74, 6) is 0.411. The number of ether oxygens (including phenoxy) is 1. The number of nitrogens with zero attached hydrogens (tertiary/aromatic N) is 2. The van der Waals surface area contributed by atoms with Crippen molar-refractivity contribution in [3.05, 3.63) is 30.0 Å². The van der Waals surface area contributed by atoms with Crippen LogP contribution in [0.4, 0.5) is 5.69 Å². The Morgan fingerprint density at radius 2 is 2.04 bits per heavy atom. The van der Waals surface area contributed by atoms with Crippen molar-refractivity contribution in [3.63, 3.8) is 0 Å². The fourth-order valence-electron chi connectivity index (χ4n) is 2.93. The molecule has 0 radical (unpaired) electrons. The lowest BCUT2D eigenvalue weighted by Crippen LogP contribution is -2.46. The van der Waals surface area contributed by atoms with Crippen molar-refractivity contribution in [1.29, 1.82) is 0 Å². The lowest BCUT2D eigenvalue weighted by atomic mass is 10.2. The fourth-order valence-corrected chi connectivity index (χ4v) is 2.93. The van der Waals surface area contributed by atoms with Crippen molar-refractivity contribution in [2.75, 3.05) is 31.5 Å². The van der Waals surface area contributed by atoms with E-state index in [1.807, 2.05) is 6.92 Å². The quantitative estimate of drug-likeness (QED) is 0.271. The average Bonchev–Trinajstić information content (AvgIpc) is 2.49. The highest BCUT2D eigenvalue weighted by Crippen LogP contribution is 2.28. The third-order valence-electron chi connectivity index (χ3n) is 3.88. The molecule has 1 aliphatic heterocycles. The number of aliphatic imine (C=N–C) groups is 1. The number of morpholine rings is 1. The summed E-state index contributed by atoms with van der Waals surface area (Å²) >= 11 is 0. The first-order valence-electron chi connectivity index (χ1n) is 8.48. The molecule has 0 aliphatic carbocycles. The number of anilines is 1. The van der Waals surface area contributed by atoms with Gasteiger partial charge in [0.2, 0.25) is 0 Å². The number of amidine groups is 1. The van der Waals surface area contributed by atoms with E-state index in [4.69, 9.17) is 10.5 Å². The number of phenolic OH excluding ortho intramolecular Hbond substituents is 2.